The van der Waals surface area contributed by atoms with Crippen molar-refractivity contribution in [1.82, 2.24) is 9.47 Å². The second kappa shape index (κ2) is 7.20. The normalized spacial score (nSPS) is 19.9. The highest BCUT2D eigenvalue weighted by molar-refractivity contribution is 7.22. The van der Waals surface area contributed by atoms with Crippen LogP contribution in [0.5, 0.6) is 0 Å². The minimum absolute atomic E-state index is 0.0670. The summed E-state index contributed by atoms with van der Waals surface area (Å²) in [7, 11) is 0. The van der Waals surface area contributed by atoms with E-state index in [-0.39, 0.29) is 17.4 Å². The molecule has 0 aliphatic carbocycles. The van der Waals surface area contributed by atoms with Crippen LogP contribution in [0.4, 0.5) is 0 Å². The molecule has 5 heteroatoms. The Bertz CT molecular complexity index is 1320. The molecule has 0 radical (unpaired) electrons. The van der Waals surface area contributed by atoms with Gasteiger partial charge in [0.2, 0.25) is 0 Å². The summed E-state index contributed by atoms with van der Waals surface area (Å²) >= 11 is 1.77. The highest BCUT2D eigenvalue weighted by Crippen LogP contribution is 2.42. The van der Waals surface area contributed by atoms with Crippen molar-refractivity contribution in [2.24, 2.45) is 5.92 Å². The zero-order valence-corrected chi connectivity index (χ0v) is 17.8. The molecule has 6 rings (SSSR count). The molecule has 4 aromatic rings. The summed E-state index contributed by atoms with van der Waals surface area (Å²) in [5, 5.41) is 1.23. The van der Waals surface area contributed by atoms with Crippen molar-refractivity contribution in [2.75, 3.05) is 13.1 Å². The molecule has 2 aromatic carbocycles. The number of likely N-dealkylation sites (tertiary alicyclic amines) is 1. The van der Waals surface area contributed by atoms with E-state index < -0.39 is 0 Å². The van der Waals surface area contributed by atoms with Gasteiger partial charge in [0, 0.05) is 58.0 Å². The standard InChI is InChI=1S/C26H22N2O2S/c29-24-11-10-21(23-13-19-8-4-5-9-22(19)31-23)25-20-12-17(15-28(24)25)14-27(16-20)26(30)18-6-2-1-3-7-18/h1-11,13,17,20H,12,14-16H2/t17-,20-/m1/s1. The van der Waals surface area contributed by atoms with E-state index >= 15 is 0 Å². The zero-order valence-electron chi connectivity index (χ0n) is 17.0. The number of fused-ring (bicyclic) bond motifs is 5. The van der Waals surface area contributed by atoms with Crippen LogP contribution in [0.2, 0.25) is 0 Å². The number of thiophene rings is 1. The third-order valence-corrected chi connectivity index (χ3v) is 7.74. The molecule has 1 saturated heterocycles. The Morgan fingerprint density at radius 3 is 2.55 bits per heavy atom. The maximum atomic E-state index is 13.1. The Morgan fingerprint density at radius 2 is 1.71 bits per heavy atom. The molecule has 0 spiro atoms. The van der Waals surface area contributed by atoms with Crippen molar-refractivity contribution in [3.63, 3.8) is 0 Å². The molecular weight excluding hydrogens is 404 g/mol. The van der Waals surface area contributed by atoms with Crippen LogP contribution in [0.1, 0.15) is 28.4 Å². The van der Waals surface area contributed by atoms with Crippen LogP contribution in [-0.2, 0) is 6.54 Å². The van der Waals surface area contributed by atoms with E-state index in [0.29, 0.717) is 25.6 Å². The first kappa shape index (κ1) is 18.6. The molecule has 4 nitrogen and oxygen atoms in total. The summed E-state index contributed by atoms with van der Waals surface area (Å²) in [6.07, 6.45) is 1.03. The monoisotopic (exact) mass is 426 g/mol. The van der Waals surface area contributed by atoms with Crippen LogP contribution < -0.4 is 5.56 Å². The van der Waals surface area contributed by atoms with Crippen LogP contribution in [0.15, 0.2) is 77.6 Å². The largest absolute Gasteiger partial charge is 0.338 e. The van der Waals surface area contributed by atoms with E-state index in [1.54, 1.807) is 17.4 Å². The van der Waals surface area contributed by atoms with Crippen molar-refractivity contribution in [2.45, 2.75) is 18.9 Å². The molecule has 1 fully saturated rings. The lowest BCUT2D eigenvalue weighted by Crippen LogP contribution is -2.49. The molecule has 2 aromatic heterocycles. The quantitative estimate of drug-likeness (QED) is 0.453. The minimum Gasteiger partial charge on any atom is -0.338 e. The topological polar surface area (TPSA) is 42.3 Å². The van der Waals surface area contributed by atoms with Gasteiger partial charge in [-0.25, -0.2) is 0 Å². The Kier molecular flexibility index (Phi) is 4.32. The lowest BCUT2D eigenvalue weighted by molar-refractivity contribution is 0.0595. The van der Waals surface area contributed by atoms with Gasteiger partial charge < -0.3 is 9.47 Å². The molecule has 1 amide bonds. The van der Waals surface area contributed by atoms with Crippen LogP contribution in [0, 0.1) is 5.92 Å². The summed E-state index contributed by atoms with van der Waals surface area (Å²) < 4.78 is 3.23. The molecule has 2 aliphatic rings. The second-order valence-electron chi connectivity index (χ2n) is 8.60. The molecule has 0 saturated carbocycles. The number of hydrogen-bond acceptors (Lipinski definition) is 3. The van der Waals surface area contributed by atoms with E-state index in [2.05, 4.69) is 30.3 Å². The lowest BCUT2D eigenvalue weighted by atomic mass is 9.81. The number of carbonyl (C=O) groups is 1. The fraction of sp³-hybridized carbons (Fsp3) is 0.231. The van der Waals surface area contributed by atoms with Crippen LogP contribution in [0.25, 0.3) is 20.5 Å². The average Bonchev–Trinajstić information content (AvgIpc) is 3.24. The number of hydrogen-bond donors (Lipinski definition) is 0. The van der Waals surface area contributed by atoms with Gasteiger partial charge in [0.05, 0.1) is 0 Å². The Morgan fingerprint density at radius 1 is 0.903 bits per heavy atom. The van der Waals surface area contributed by atoms with Gasteiger partial charge in [0.1, 0.15) is 0 Å². The first-order valence-electron chi connectivity index (χ1n) is 10.7. The van der Waals surface area contributed by atoms with E-state index in [4.69, 9.17) is 0 Å². The fourth-order valence-electron chi connectivity index (χ4n) is 5.27. The smallest absolute Gasteiger partial charge is 0.253 e. The number of benzene rings is 2. The minimum atomic E-state index is 0.0670. The number of pyridine rings is 1. The molecule has 31 heavy (non-hydrogen) atoms. The molecule has 0 unspecified atom stereocenters. The average molecular weight is 427 g/mol. The molecule has 0 N–H and O–H groups in total. The van der Waals surface area contributed by atoms with Crippen molar-refractivity contribution in [1.29, 1.82) is 0 Å². The number of carbonyl (C=O) groups excluding carboxylic acids is 1. The first-order valence-corrected chi connectivity index (χ1v) is 11.6. The van der Waals surface area contributed by atoms with Gasteiger partial charge in [0.25, 0.3) is 11.5 Å². The van der Waals surface area contributed by atoms with Gasteiger partial charge in [-0.2, -0.15) is 0 Å². The van der Waals surface area contributed by atoms with E-state index in [1.165, 1.54) is 15.0 Å². The van der Waals surface area contributed by atoms with Gasteiger partial charge in [-0.1, -0.05) is 36.4 Å². The molecule has 154 valence electrons. The summed E-state index contributed by atoms with van der Waals surface area (Å²) in [6, 6.07) is 23.8. The lowest BCUT2D eigenvalue weighted by Gasteiger charge is -2.43. The number of aromatic nitrogens is 1. The third kappa shape index (κ3) is 3.12. The van der Waals surface area contributed by atoms with Crippen molar-refractivity contribution < 1.29 is 4.79 Å². The van der Waals surface area contributed by atoms with E-state index in [0.717, 1.165) is 23.2 Å². The summed E-state index contributed by atoms with van der Waals surface area (Å²) in [5.74, 6) is 0.578. The molecule has 2 aliphatic heterocycles. The van der Waals surface area contributed by atoms with Crippen molar-refractivity contribution in [3.8, 4) is 10.4 Å². The van der Waals surface area contributed by atoms with Crippen LogP contribution in [0.3, 0.4) is 0 Å². The predicted molar refractivity (Wildman–Crippen MR) is 125 cm³/mol. The maximum Gasteiger partial charge on any atom is 0.253 e. The Balaban J connectivity index is 1.43. The second-order valence-corrected chi connectivity index (χ2v) is 9.69. The van der Waals surface area contributed by atoms with Gasteiger partial charge >= 0.3 is 0 Å². The van der Waals surface area contributed by atoms with E-state index in [9.17, 15) is 9.59 Å². The van der Waals surface area contributed by atoms with Crippen molar-refractivity contribution >= 4 is 27.3 Å². The first-order chi connectivity index (χ1) is 15.2. The summed E-state index contributed by atoms with van der Waals surface area (Å²) in [6.45, 7) is 2.05. The highest BCUT2D eigenvalue weighted by Gasteiger charge is 2.38. The van der Waals surface area contributed by atoms with Gasteiger partial charge in [-0.3, -0.25) is 9.59 Å². The molecule has 2 atom stereocenters. The SMILES string of the molecule is O=C(c1ccccc1)N1C[C@H]2C[C@H](C1)c1c(-c3cc4ccccc4s3)ccc(=O)n1C2. The zero-order chi connectivity index (χ0) is 20.9. The maximum absolute atomic E-state index is 13.1. The van der Waals surface area contributed by atoms with Crippen LogP contribution >= 0.6 is 11.3 Å². The van der Waals surface area contributed by atoms with Crippen LogP contribution in [-0.4, -0.2) is 28.5 Å². The Labute approximate surface area is 184 Å². The van der Waals surface area contributed by atoms with Gasteiger partial charge in [0.15, 0.2) is 0 Å². The Hall–Kier alpha value is -3.18. The third-order valence-electron chi connectivity index (χ3n) is 6.59. The number of piperidine rings is 1. The number of amides is 1. The predicted octanol–water partition coefficient (Wildman–Crippen LogP) is 4.99. The van der Waals surface area contributed by atoms with E-state index in [1.807, 2.05) is 45.9 Å². The fourth-order valence-corrected chi connectivity index (χ4v) is 6.36. The van der Waals surface area contributed by atoms with Gasteiger partial charge in [-0.15, -0.1) is 11.3 Å². The summed E-state index contributed by atoms with van der Waals surface area (Å²) in [5.41, 5.74) is 3.04. The molecular formula is C26H22N2O2S. The highest BCUT2D eigenvalue weighted by atomic mass is 32.1. The number of rotatable bonds is 2. The van der Waals surface area contributed by atoms with Gasteiger partial charge in [-0.05, 0) is 48.1 Å². The van der Waals surface area contributed by atoms with Crippen molar-refractivity contribution in [3.05, 3.63) is 94.4 Å². The molecule has 2 bridgehead atoms. The number of nitrogens with zero attached hydrogens (tertiary/aromatic N) is 2. The molecule has 4 heterocycles. The summed E-state index contributed by atoms with van der Waals surface area (Å²) in [4.78, 5) is 29.1.